The number of aliphatic hydroxyl groups is 2. The molecule has 1 saturated carbocycles. The molecule has 0 aromatic rings. The predicted octanol–water partition coefficient (Wildman–Crippen LogP) is 0.822. The Labute approximate surface area is 184 Å². The Morgan fingerprint density at radius 3 is 2.78 bits per heavy atom. The molecule has 3 N–H and O–H groups in total. The maximum absolute atomic E-state index is 14.2. The molecule has 0 spiro atoms. The standard InChI is InChI=1S/C20H31FO5.Na.H/c1-2-3-4-6-13(22)9-10-14-15-11-19(26-18(15)12-17(14)23)16(21)7-5-8-20(24)25;;/h9-10,13-15,17-18,22-23H,2-8,11-12H2,1H3,(H,24,25);;/q;+1;-1. The zero-order valence-electron chi connectivity index (χ0n) is 17.4. The third kappa shape index (κ3) is 7.50. The number of allylic oxidation sites excluding steroid dienone is 2. The van der Waals surface area contributed by atoms with Gasteiger partial charge in [0, 0.05) is 37.5 Å². The van der Waals surface area contributed by atoms with Gasteiger partial charge in [-0.25, -0.2) is 4.39 Å². The van der Waals surface area contributed by atoms with E-state index in [2.05, 4.69) is 6.92 Å². The molecule has 1 heterocycles. The van der Waals surface area contributed by atoms with E-state index >= 15 is 0 Å². The van der Waals surface area contributed by atoms with Gasteiger partial charge in [-0.2, -0.15) is 0 Å². The van der Waals surface area contributed by atoms with Crippen LogP contribution in [0.4, 0.5) is 4.39 Å². The van der Waals surface area contributed by atoms with Crippen molar-refractivity contribution in [2.24, 2.45) is 11.8 Å². The SMILES string of the molecule is CCCCCC(O)C=CC1C(O)CC2OC(=C(F)CCCC(=O)O)CC21.[H-].[Na+]. The maximum atomic E-state index is 14.2. The second-order valence-electron chi connectivity index (χ2n) is 7.43. The summed E-state index contributed by atoms with van der Waals surface area (Å²) in [5.41, 5.74) is 0. The number of carbonyl (C=O) groups is 1. The Kier molecular flexibility index (Phi) is 11.2. The first-order valence-corrected chi connectivity index (χ1v) is 9.72. The Bertz CT molecular complexity index is 543. The summed E-state index contributed by atoms with van der Waals surface area (Å²) in [4.78, 5) is 10.5. The van der Waals surface area contributed by atoms with Gasteiger partial charge < -0.3 is 21.5 Å². The first kappa shape index (κ1) is 24.6. The van der Waals surface area contributed by atoms with E-state index in [-0.39, 0.29) is 74.0 Å². The van der Waals surface area contributed by atoms with Crippen LogP contribution < -0.4 is 29.6 Å². The fourth-order valence-corrected chi connectivity index (χ4v) is 3.89. The summed E-state index contributed by atoms with van der Waals surface area (Å²) in [6.07, 6.45) is 7.34. The number of rotatable bonds is 10. The Hall–Kier alpha value is -0.400. The van der Waals surface area contributed by atoms with Gasteiger partial charge in [0.2, 0.25) is 0 Å². The Balaban J connectivity index is 0.00000364. The minimum absolute atomic E-state index is 0. The smallest absolute Gasteiger partial charge is 1.00 e. The van der Waals surface area contributed by atoms with Crippen LogP contribution in [0.25, 0.3) is 0 Å². The van der Waals surface area contributed by atoms with Gasteiger partial charge in [-0.15, -0.1) is 0 Å². The summed E-state index contributed by atoms with van der Waals surface area (Å²) in [5, 5.41) is 28.9. The molecule has 150 valence electrons. The molecule has 2 rings (SSSR count). The van der Waals surface area contributed by atoms with Gasteiger partial charge in [0.05, 0.1) is 12.2 Å². The van der Waals surface area contributed by atoms with Crippen molar-refractivity contribution in [2.45, 2.75) is 83.0 Å². The zero-order valence-corrected chi connectivity index (χ0v) is 18.4. The molecule has 27 heavy (non-hydrogen) atoms. The minimum atomic E-state index is -0.933. The number of unbranched alkanes of at least 4 members (excludes halogenated alkanes) is 2. The summed E-state index contributed by atoms with van der Waals surface area (Å²) in [6.45, 7) is 2.11. The number of aliphatic hydroxyl groups excluding tert-OH is 2. The molecule has 7 heteroatoms. The second-order valence-corrected chi connectivity index (χ2v) is 7.43. The van der Waals surface area contributed by atoms with Crippen molar-refractivity contribution in [2.75, 3.05) is 0 Å². The molecule has 2 fully saturated rings. The average Bonchev–Trinajstić information content (AvgIpc) is 3.10. The summed E-state index contributed by atoms with van der Waals surface area (Å²) in [5.74, 6) is -1.15. The van der Waals surface area contributed by atoms with Gasteiger partial charge in [-0.1, -0.05) is 38.3 Å². The first-order valence-electron chi connectivity index (χ1n) is 9.72. The average molecular weight is 394 g/mol. The van der Waals surface area contributed by atoms with Crippen molar-refractivity contribution in [3.63, 3.8) is 0 Å². The summed E-state index contributed by atoms with van der Waals surface area (Å²) in [6, 6.07) is 0. The quantitative estimate of drug-likeness (QED) is 0.290. The van der Waals surface area contributed by atoms with Crippen LogP contribution in [0.2, 0.25) is 0 Å². The van der Waals surface area contributed by atoms with E-state index in [1.54, 1.807) is 6.08 Å². The van der Waals surface area contributed by atoms with Crippen molar-refractivity contribution in [1.29, 1.82) is 0 Å². The van der Waals surface area contributed by atoms with E-state index in [4.69, 9.17) is 9.84 Å². The van der Waals surface area contributed by atoms with E-state index in [1.807, 2.05) is 6.08 Å². The van der Waals surface area contributed by atoms with Gasteiger partial charge >= 0.3 is 35.5 Å². The number of fused-ring (bicyclic) bond motifs is 1. The van der Waals surface area contributed by atoms with Crippen LogP contribution in [-0.4, -0.2) is 39.6 Å². The molecule has 0 radical (unpaired) electrons. The van der Waals surface area contributed by atoms with Gasteiger partial charge in [0.25, 0.3) is 0 Å². The Morgan fingerprint density at radius 2 is 2.11 bits per heavy atom. The normalized spacial score (nSPS) is 29.9. The van der Waals surface area contributed by atoms with Crippen LogP contribution in [0.15, 0.2) is 23.7 Å². The van der Waals surface area contributed by atoms with Crippen molar-refractivity contribution >= 4 is 5.97 Å². The van der Waals surface area contributed by atoms with E-state index in [0.717, 1.165) is 19.3 Å². The van der Waals surface area contributed by atoms with Crippen LogP contribution in [0, 0.1) is 11.8 Å². The van der Waals surface area contributed by atoms with E-state index in [0.29, 0.717) is 25.0 Å². The summed E-state index contributed by atoms with van der Waals surface area (Å²) < 4.78 is 19.9. The molecular weight excluding hydrogens is 362 g/mol. The van der Waals surface area contributed by atoms with Crippen LogP contribution >= 0.6 is 0 Å². The molecule has 0 aromatic heterocycles. The fourth-order valence-electron chi connectivity index (χ4n) is 3.89. The molecule has 5 unspecified atom stereocenters. The van der Waals surface area contributed by atoms with Crippen LogP contribution in [0.5, 0.6) is 0 Å². The maximum Gasteiger partial charge on any atom is 1.00 e. The van der Waals surface area contributed by atoms with Gasteiger partial charge in [0.1, 0.15) is 17.7 Å². The molecule has 5 nitrogen and oxygen atoms in total. The number of aliphatic carboxylic acids is 1. The van der Waals surface area contributed by atoms with Gasteiger partial charge in [-0.05, 0) is 12.8 Å². The zero-order chi connectivity index (χ0) is 19.1. The van der Waals surface area contributed by atoms with E-state index in [1.165, 1.54) is 0 Å². The van der Waals surface area contributed by atoms with Crippen molar-refractivity contribution < 1.29 is 60.2 Å². The molecule has 0 amide bonds. The van der Waals surface area contributed by atoms with Crippen LogP contribution in [-0.2, 0) is 9.53 Å². The van der Waals surface area contributed by atoms with E-state index < -0.39 is 18.2 Å². The number of hydrogen-bond donors (Lipinski definition) is 3. The topological polar surface area (TPSA) is 87.0 Å². The third-order valence-electron chi connectivity index (χ3n) is 5.35. The largest absolute Gasteiger partial charge is 1.00 e. The Morgan fingerprint density at radius 1 is 1.37 bits per heavy atom. The summed E-state index contributed by atoms with van der Waals surface area (Å²) >= 11 is 0. The van der Waals surface area contributed by atoms with E-state index in [9.17, 15) is 19.4 Å². The fraction of sp³-hybridized carbons (Fsp3) is 0.750. The molecule has 1 aliphatic heterocycles. The molecule has 1 saturated heterocycles. The first-order chi connectivity index (χ1) is 12.4. The second kappa shape index (κ2) is 12.2. The number of carboxylic acids is 1. The van der Waals surface area contributed by atoms with Crippen molar-refractivity contribution in [3.05, 3.63) is 23.7 Å². The third-order valence-corrected chi connectivity index (χ3v) is 5.35. The monoisotopic (exact) mass is 394 g/mol. The number of halogens is 1. The molecule has 1 aliphatic carbocycles. The van der Waals surface area contributed by atoms with Gasteiger partial charge in [-0.3, -0.25) is 4.79 Å². The van der Waals surface area contributed by atoms with Crippen LogP contribution in [0.1, 0.15) is 66.1 Å². The molecule has 0 bridgehead atoms. The number of hydrogen-bond acceptors (Lipinski definition) is 4. The molecule has 0 aromatic carbocycles. The number of carboxylic acid groups (broad SMARTS) is 1. The molecule has 5 atom stereocenters. The van der Waals surface area contributed by atoms with Crippen molar-refractivity contribution in [3.8, 4) is 0 Å². The molecular formula is C20H32FNaO5. The van der Waals surface area contributed by atoms with Crippen LogP contribution in [0.3, 0.4) is 0 Å². The predicted molar refractivity (Wildman–Crippen MR) is 97.1 cm³/mol. The number of ether oxygens (including phenoxy) is 1. The van der Waals surface area contributed by atoms with Gasteiger partial charge in [0.15, 0.2) is 0 Å². The van der Waals surface area contributed by atoms with Crippen molar-refractivity contribution in [1.82, 2.24) is 0 Å². The summed E-state index contributed by atoms with van der Waals surface area (Å²) in [7, 11) is 0. The minimum Gasteiger partial charge on any atom is -1.00 e. The molecule has 2 aliphatic rings.